The summed E-state index contributed by atoms with van der Waals surface area (Å²) in [5.74, 6) is 1.52. The maximum Gasteiger partial charge on any atom is 0.119 e. The lowest BCUT2D eigenvalue weighted by Gasteiger charge is -2.24. The van der Waals surface area contributed by atoms with Gasteiger partial charge in [-0.1, -0.05) is 25.0 Å². The predicted octanol–water partition coefficient (Wildman–Crippen LogP) is 2.70. The summed E-state index contributed by atoms with van der Waals surface area (Å²) >= 11 is 0. The number of hydrogen-bond donors (Lipinski definition) is 1. The topological polar surface area (TPSA) is 29.5 Å². The van der Waals surface area contributed by atoms with E-state index < -0.39 is 5.60 Å². The zero-order valence-electron chi connectivity index (χ0n) is 9.36. The van der Waals surface area contributed by atoms with Crippen molar-refractivity contribution in [1.82, 2.24) is 0 Å². The molecule has 1 aromatic carbocycles. The Balaban J connectivity index is 2.17. The first-order valence-corrected chi connectivity index (χ1v) is 5.49. The molecule has 0 radical (unpaired) electrons. The van der Waals surface area contributed by atoms with Crippen LogP contribution in [0.15, 0.2) is 24.3 Å². The van der Waals surface area contributed by atoms with Crippen molar-refractivity contribution in [2.45, 2.75) is 31.8 Å². The third-order valence-corrected chi connectivity index (χ3v) is 3.07. The van der Waals surface area contributed by atoms with E-state index in [1.165, 1.54) is 12.8 Å². The first-order valence-electron chi connectivity index (χ1n) is 5.49. The minimum atomic E-state index is -0.713. The van der Waals surface area contributed by atoms with Gasteiger partial charge in [0.05, 0.1) is 12.7 Å². The Hall–Kier alpha value is -1.02. The number of hydrogen-bond acceptors (Lipinski definition) is 2. The van der Waals surface area contributed by atoms with Gasteiger partial charge in [0.25, 0.3) is 0 Å². The van der Waals surface area contributed by atoms with Crippen LogP contribution in [0.3, 0.4) is 0 Å². The first-order chi connectivity index (χ1) is 7.12. The molecule has 1 unspecified atom stereocenters. The molecular weight excluding hydrogens is 188 g/mol. The first kappa shape index (κ1) is 10.5. The summed E-state index contributed by atoms with van der Waals surface area (Å²) in [7, 11) is 1.65. The fourth-order valence-electron chi connectivity index (χ4n) is 1.96. The van der Waals surface area contributed by atoms with Crippen LogP contribution in [-0.4, -0.2) is 12.2 Å². The van der Waals surface area contributed by atoms with Crippen LogP contribution in [0, 0.1) is 5.92 Å². The number of aliphatic hydroxyl groups is 1. The van der Waals surface area contributed by atoms with Gasteiger partial charge in [-0.05, 0) is 37.0 Å². The average molecular weight is 206 g/mol. The average Bonchev–Trinajstić information content (AvgIpc) is 3.01. The highest BCUT2D eigenvalue weighted by Crippen LogP contribution is 2.40. The Morgan fingerprint density at radius 1 is 1.47 bits per heavy atom. The van der Waals surface area contributed by atoms with Crippen LogP contribution in [0.5, 0.6) is 5.75 Å². The Morgan fingerprint density at radius 2 is 2.20 bits per heavy atom. The molecule has 2 nitrogen and oxygen atoms in total. The highest BCUT2D eigenvalue weighted by molar-refractivity contribution is 5.32. The van der Waals surface area contributed by atoms with Crippen molar-refractivity contribution >= 4 is 0 Å². The zero-order valence-corrected chi connectivity index (χ0v) is 9.36. The lowest BCUT2D eigenvalue weighted by Crippen LogP contribution is -2.21. The van der Waals surface area contributed by atoms with Crippen LogP contribution in [0.1, 0.15) is 31.7 Å². The zero-order chi connectivity index (χ0) is 10.9. The molecule has 1 atom stereocenters. The van der Waals surface area contributed by atoms with Crippen molar-refractivity contribution < 1.29 is 9.84 Å². The van der Waals surface area contributed by atoms with E-state index in [1.807, 2.05) is 31.2 Å². The van der Waals surface area contributed by atoms with Crippen molar-refractivity contribution in [2.24, 2.45) is 5.92 Å². The molecule has 82 valence electrons. The van der Waals surface area contributed by atoms with Gasteiger partial charge in [0.1, 0.15) is 5.75 Å². The minimum Gasteiger partial charge on any atom is -0.497 e. The lowest BCUT2D eigenvalue weighted by atomic mass is 9.90. The number of ether oxygens (including phenoxy) is 1. The SMILES string of the molecule is COc1cccc(C(C)(O)CC2CC2)c1. The molecular formula is C13H18O2. The fourth-order valence-corrected chi connectivity index (χ4v) is 1.96. The Kier molecular flexibility index (Phi) is 2.70. The van der Waals surface area contributed by atoms with E-state index in [9.17, 15) is 5.11 Å². The number of benzene rings is 1. The van der Waals surface area contributed by atoms with E-state index >= 15 is 0 Å². The summed E-state index contributed by atoms with van der Waals surface area (Å²) in [6.45, 7) is 1.89. The predicted molar refractivity (Wildman–Crippen MR) is 59.9 cm³/mol. The summed E-state index contributed by atoms with van der Waals surface area (Å²) in [6, 6.07) is 7.71. The molecule has 1 N–H and O–H groups in total. The highest BCUT2D eigenvalue weighted by atomic mass is 16.5. The van der Waals surface area contributed by atoms with E-state index in [-0.39, 0.29) is 0 Å². The Bertz CT molecular complexity index is 340. The monoisotopic (exact) mass is 206 g/mol. The van der Waals surface area contributed by atoms with Gasteiger partial charge in [0, 0.05) is 0 Å². The van der Waals surface area contributed by atoms with E-state index in [2.05, 4.69) is 0 Å². The van der Waals surface area contributed by atoms with Crippen molar-refractivity contribution in [3.63, 3.8) is 0 Å². The summed E-state index contributed by atoms with van der Waals surface area (Å²) < 4.78 is 5.16. The molecule has 1 aliphatic rings. The third-order valence-electron chi connectivity index (χ3n) is 3.07. The molecule has 2 heteroatoms. The van der Waals surface area contributed by atoms with Crippen molar-refractivity contribution in [2.75, 3.05) is 7.11 Å². The maximum absolute atomic E-state index is 10.4. The molecule has 0 amide bonds. The van der Waals surface area contributed by atoms with E-state index in [0.717, 1.165) is 17.7 Å². The second kappa shape index (κ2) is 3.86. The fraction of sp³-hybridized carbons (Fsp3) is 0.538. The molecule has 0 heterocycles. The van der Waals surface area contributed by atoms with Gasteiger partial charge in [0.15, 0.2) is 0 Å². The molecule has 0 bridgehead atoms. The van der Waals surface area contributed by atoms with Gasteiger partial charge in [-0.3, -0.25) is 0 Å². The van der Waals surface area contributed by atoms with Crippen molar-refractivity contribution in [1.29, 1.82) is 0 Å². The van der Waals surface area contributed by atoms with Crippen LogP contribution >= 0.6 is 0 Å². The van der Waals surface area contributed by atoms with Gasteiger partial charge in [-0.25, -0.2) is 0 Å². The largest absolute Gasteiger partial charge is 0.497 e. The molecule has 1 aromatic rings. The number of methoxy groups -OCH3 is 1. The van der Waals surface area contributed by atoms with Gasteiger partial charge < -0.3 is 9.84 Å². The van der Waals surface area contributed by atoms with Crippen LogP contribution < -0.4 is 4.74 Å². The summed E-state index contributed by atoms with van der Waals surface area (Å²) in [4.78, 5) is 0. The smallest absolute Gasteiger partial charge is 0.119 e. The second-order valence-corrected chi connectivity index (χ2v) is 4.65. The number of rotatable bonds is 4. The molecule has 2 rings (SSSR count). The molecule has 0 spiro atoms. The van der Waals surface area contributed by atoms with Gasteiger partial charge in [-0.15, -0.1) is 0 Å². The molecule has 15 heavy (non-hydrogen) atoms. The quantitative estimate of drug-likeness (QED) is 0.820. The van der Waals surface area contributed by atoms with E-state index in [4.69, 9.17) is 4.74 Å². The highest BCUT2D eigenvalue weighted by Gasteiger charge is 2.32. The van der Waals surface area contributed by atoms with Gasteiger partial charge >= 0.3 is 0 Å². The van der Waals surface area contributed by atoms with Crippen LogP contribution in [0.4, 0.5) is 0 Å². The molecule has 1 fully saturated rings. The summed E-state index contributed by atoms with van der Waals surface area (Å²) in [6.07, 6.45) is 3.39. The van der Waals surface area contributed by atoms with Crippen molar-refractivity contribution in [3.8, 4) is 5.75 Å². The molecule has 0 aromatic heterocycles. The maximum atomic E-state index is 10.4. The molecule has 0 saturated heterocycles. The van der Waals surface area contributed by atoms with E-state index in [1.54, 1.807) is 7.11 Å². The summed E-state index contributed by atoms with van der Waals surface area (Å²) in [5.41, 5.74) is 0.240. The minimum absolute atomic E-state index is 0.713. The molecule has 0 aliphatic heterocycles. The Morgan fingerprint density at radius 3 is 2.80 bits per heavy atom. The van der Waals surface area contributed by atoms with Crippen LogP contribution in [0.2, 0.25) is 0 Å². The molecule has 1 saturated carbocycles. The molecule has 1 aliphatic carbocycles. The lowest BCUT2D eigenvalue weighted by molar-refractivity contribution is 0.0415. The van der Waals surface area contributed by atoms with Crippen LogP contribution in [-0.2, 0) is 5.60 Å². The normalized spacial score (nSPS) is 19.7. The third kappa shape index (κ3) is 2.51. The van der Waals surface area contributed by atoms with Crippen molar-refractivity contribution in [3.05, 3.63) is 29.8 Å². The summed E-state index contributed by atoms with van der Waals surface area (Å²) in [5, 5.41) is 10.4. The van der Waals surface area contributed by atoms with E-state index in [0.29, 0.717) is 5.92 Å². The standard InChI is InChI=1S/C13H18O2/c1-13(14,9-10-6-7-10)11-4-3-5-12(8-11)15-2/h3-5,8,10,14H,6-7,9H2,1-2H3. The van der Waals surface area contributed by atoms with Crippen LogP contribution in [0.25, 0.3) is 0 Å². The van der Waals surface area contributed by atoms with Gasteiger partial charge in [-0.2, -0.15) is 0 Å². The van der Waals surface area contributed by atoms with Gasteiger partial charge in [0.2, 0.25) is 0 Å². The second-order valence-electron chi connectivity index (χ2n) is 4.65. The Labute approximate surface area is 90.9 Å².